The Morgan fingerprint density at radius 1 is 1.43 bits per heavy atom. The zero-order valence-electron chi connectivity index (χ0n) is 13.2. The molecule has 0 aromatic heterocycles. The van der Waals surface area contributed by atoms with Gasteiger partial charge in [-0.1, -0.05) is 36.4 Å². The van der Waals surface area contributed by atoms with Crippen LogP contribution in [0.25, 0.3) is 5.57 Å². The summed E-state index contributed by atoms with van der Waals surface area (Å²) >= 11 is 0.829. The first kappa shape index (κ1) is 18.0. The molecule has 0 fully saturated rings. The zero-order chi connectivity index (χ0) is 15.7. The second-order valence-corrected chi connectivity index (χ2v) is 5.67. The lowest BCUT2D eigenvalue weighted by Gasteiger charge is -2.20. The van der Waals surface area contributed by atoms with Crippen molar-refractivity contribution >= 4 is 17.6 Å². The van der Waals surface area contributed by atoms with Crippen LogP contribution in [0.5, 0.6) is 0 Å². The molecule has 0 amide bonds. The summed E-state index contributed by atoms with van der Waals surface area (Å²) in [5, 5.41) is 0. The van der Waals surface area contributed by atoms with Gasteiger partial charge in [-0.15, -0.1) is 0 Å². The van der Waals surface area contributed by atoms with Crippen molar-refractivity contribution in [2.45, 2.75) is 13.0 Å². The summed E-state index contributed by atoms with van der Waals surface area (Å²) in [5.41, 5.74) is 3.53. The molecule has 4 heteroatoms. The van der Waals surface area contributed by atoms with Crippen molar-refractivity contribution in [2.75, 3.05) is 33.6 Å². The Morgan fingerprint density at radius 3 is 2.81 bits per heavy atom. The molecule has 1 aromatic rings. The molecule has 0 aliphatic rings. The van der Waals surface area contributed by atoms with Crippen LogP contribution < -0.4 is 0 Å². The Labute approximate surface area is 132 Å². The summed E-state index contributed by atoms with van der Waals surface area (Å²) < 4.78 is 14.0. The van der Waals surface area contributed by atoms with E-state index in [0.717, 1.165) is 23.2 Å². The third-order valence-electron chi connectivity index (χ3n) is 3.42. The Balaban J connectivity index is 3.04. The van der Waals surface area contributed by atoms with Crippen LogP contribution in [0.4, 0.5) is 0 Å². The molecule has 0 aliphatic heterocycles. The summed E-state index contributed by atoms with van der Waals surface area (Å²) in [4.78, 5) is 2.19. The molecule has 21 heavy (non-hydrogen) atoms. The van der Waals surface area contributed by atoms with E-state index in [1.54, 1.807) is 7.11 Å². The lowest BCUT2D eigenvalue weighted by atomic mass is 9.99. The minimum atomic E-state index is 0.362. The smallest absolute Gasteiger partial charge is 0.0646 e. The van der Waals surface area contributed by atoms with E-state index in [1.807, 2.05) is 18.2 Å². The monoisotopic (exact) mass is 307 g/mol. The SMILES string of the molecule is COC/C=C\C(=C/CSO)c1cccc(C(C)N(C)C)c1. The van der Waals surface area contributed by atoms with Crippen LogP contribution in [-0.4, -0.2) is 43.0 Å². The van der Waals surface area contributed by atoms with E-state index in [0.29, 0.717) is 18.4 Å². The average molecular weight is 307 g/mol. The molecule has 0 radical (unpaired) electrons. The highest BCUT2D eigenvalue weighted by Gasteiger charge is 2.08. The molecular formula is C17H25NO2S. The van der Waals surface area contributed by atoms with Gasteiger partial charge < -0.3 is 14.2 Å². The molecule has 0 bridgehead atoms. The van der Waals surface area contributed by atoms with Crippen molar-refractivity contribution in [1.29, 1.82) is 0 Å². The van der Waals surface area contributed by atoms with Gasteiger partial charge in [0.1, 0.15) is 0 Å². The molecule has 3 nitrogen and oxygen atoms in total. The largest absolute Gasteiger partial charge is 0.381 e. The lowest BCUT2D eigenvalue weighted by Crippen LogP contribution is -2.16. The number of hydrogen-bond acceptors (Lipinski definition) is 4. The van der Waals surface area contributed by atoms with Crippen LogP contribution in [0.1, 0.15) is 24.1 Å². The summed E-state index contributed by atoms with van der Waals surface area (Å²) in [6.45, 7) is 2.77. The molecule has 0 aliphatic carbocycles. The number of rotatable bonds is 8. The molecule has 0 spiro atoms. The fourth-order valence-corrected chi connectivity index (χ4v) is 2.21. The molecule has 1 unspecified atom stereocenters. The molecule has 0 saturated heterocycles. The Morgan fingerprint density at radius 2 is 2.19 bits per heavy atom. The van der Waals surface area contributed by atoms with Crippen LogP contribution in [0.3, 0.4) is 0 Å². The van der Waals surface area contributed by atoms with Gasteiger partial charge in [-0.2, -0.15) is 0 Å². The maximum Gasteiger partial charge on any atom is 0.0646 e. The number of methoxy groups -OCH3 is 1. The van der Waals surface area contributed by atoms with E-state index >= 15 is 0 Å². The van der Waals surface area contributed by atoms with Gasteiger partial charge in [0.2, 0.25) is 0 Å². The van der Waals surface area contributed by atoms with Gasteiger partial charge in [0.25, 0.3) is 0 Å². The van der Waals surface area contributed by atoms with E-state index in [9.17, 15) is 0 Å². The number of allylic oxidation sites excluding steroid dienone is 2. The Bertz CT molecular complexity index is 483. The molecular weight excluding hydrogens is 282 g/mol. The standard InChI is InChI=1S/C17H25NO2S/c1-14(18(2)3)16-7-5-8-17(13-16)15(10-12-21-19)9-6-11-20-4/h5-10,13-14,19H,11-12H2,1-4H3/b9-6-,15-10+. The molecule has 1 aromatic carbocycles. The summed E-state index contributed by atoms with van der Waals surface area (Å²) in [6.07, 6.45) is 6.05. The molecule has 1 atom stereocenters. The van der Waals surface area contributed by atoms with Crippen molar-refractivity contribution in [1.82, 2.24) is 4.90 Å². The number of benzene rings is 1. The van der Waals surface area contributed by atoms with Crippen molar-refractivity contribution in [2.24, 2.45) is 0 Å². The van der Waals surface area contributed by atoms with Crippen molar-refractivity contribution < 1.29 is 9.29 Å². The zero-order valence-corrected chi connectivity index (χ0v) is 14.1. The first-order chi connectivity index (χ1) is 10.1. The van der Waals surface area contributed by atoms with Gasteiger partial charge in [-0.05, 0) is 55.8 Å². The fraction of sp³-hybridized carbons (Fsp3) is 0.412. The normalized spacial score (nSPS) is 14.1. The summed E-state index contributed by atoms with van der Waals surface area (Å²) in [6, 6.07) is 8.88. The second-order valence-electron chi connectivity index (χ2n) is 5.08. The van der Waals surface area contributed by atoms with Gasteiger partial charge >= 0.3 is 0 Å². The highest BCUT2D eigenvalue weighted by molar-refractivity contribution is 7.93. The molecule has 1 N–H and O–H groups in total. The van der Waals surface area contributed by atoms with Gasteiger partial charge in [-0.25, -0.2) is 0 Å². The maximum atomic E-state index is 8.97. The molecule has 0 heterocycles. The van der Waals surface area contributed by atoms with Crippen molar-refractivity contribution in [3.63, 3.8) is 0 Å². The van der Waals surface area contributed by atoms with Crippen LogP contribution in [-0.2, 0) is 4.74 Å². The van der Waals surface area contributed by atoms with E-state index in [4.69, 9.17) is 9.29 Å². The maximum absolute atomic E-state index is 8.97. The third-order valence-corrected chi connectivity index (χ3v) is 3.73. The number of nitrogens with zero attached hydrogens (tertiary/aromatic N) is 1. The summed E-state index contributed by atoms with van der Waals surface area (Å²) in [5.74, 6) is 0.570. The molecule has 1 rings (SSSR count). The third kappa shape index (κ3) is 6.06. The Kier molecular flexibility index (Phi) is 8.38. The quantitative estimate of drug-likeness (QED) is 0.579. The van der Waals surface area contributed by atoms with E-state index in [-0.39, 0.29) is 0 Å². The van der Waals surface area contributed by atoms with Crippen LogP contribution in [0.2, 0.25) is 0 Å². The topological polar surface area (TPSA) is 32.7 Å². The van der Waals surface area contributed by atoms with Gasteiger partial charge in [-0.3, -0.25) is 0 Å². The van der Waals surface area contributed by atoms with Crippen LogP contribution in [0, 0.1) is 0 Å². The highest BCUT2D eigenvalue weighted by Crippen LogP contribution is 2.23. The lowest BCUT2D eigenvalue weighted by molar-refractivity contribution is 0.234. The van der Waals surface area contributed by atoms with Crippen LogP contribution >= 0.6 is 12.0 Å². The van der Waals surface area contributed by atoms with Crippen LogP contribution in [0.15, 0.2) is 42.5 Å². The number of ether oxygens (including phenoxy) is 1. The van der Waals surface area contributed by atoms with Gasteiger partial charge in [0, 0.05) is 18.9 Å². The van der Waals surface area contributed by atoms with Gasteiger partial charge in [0.05, 0.1) is 6.61 Å². The average Bonchev–Trinajstić information content (AvgIpc) is 2.50. The van der Waals surface area contributed by atoms with Crippen molar-refractivity contribution in [3.8, 4) is 0 Å². The molecule has 0 saturated carbocycles. The van der Waals surface area contributed by atoms with E-state index in [1.165, 1.54) is 5.56 Å². The predicted molar refractivity (Wildman–Crippen MR) is 92.6 cm³/mol. The fourth-order valence-electron chi connectivity index (χ4n) is 1.96. The Hall–Kier alpha value is -1.07. The second kappa shape index (κ2) is 9.79. The minimum Gasteiger partial charge on any atom is -0.381 e. The van der Waals surface area contributed by atoms with Crippen molar-refractivity contribution in [3.05, 3.63) is 53.6 Å². The molecule has 116 valence electrons. The number of hydrogen-bond donors (Lipinski definition) is 1. The highest BCUT2D eigenvalue weighted by atomic mass is 32.2. The van der Waals surface area contributed by atoms with E-state index < -0.39 is 0 Å². The minimum absolute atomic E-state index is 0.362. The first-order valence-electron chi connectivity index (χ1n) is 6.99. The first-order valence-corrected chi connectivity index (χ1v) is 7.93. The van der Waals surface area contributed by atoms with Gasteiger partial charge in [0.15, 0.2) is 0 Å². The summed E-state index contributed by atoms with van der Waals surface area (Å²) in [7, 11) is 5.83. The van der Waals surface area contributed by atoms with E-state index in [2.05, 4.69) is 50.2 Å². The predicted octanol–water partition coefficient (Wildman–Crippen LogP) is 4.10.